The standard InChI is InChI=1S/C13H21N3O/c1-4-14-12-11(9(2)3)13(16-8-15-12)17-7-10-5-6-10/h8-10H,4-7H2,1-3H3,(H,14,15,16). The molecule has 94 valence electrons. The fraction of sp³-hybridized carbons (Fsp3) is 0.692. The first-order valence-electron chi connectivity index (χ1n) is 6.44. The van der Waals surface area contributed by atoms with Crippen LogP contribution in [0.5, 0.6) is 5.88 Å². The lowest BCUT2D eigenvalue weighted by atomic mass is 10.1. The molecule has 0 spiro atoms. The third-order valence-electron chi connectivity index (χ3n) is 2.92. The Hall–Kier alpha value is -1.32. The molecule has 0 aromatic carbocycles. The van der Waals surface area contributed by atoms with Crippen LogP contribution in [0.1, 0.15) is 45.1 Å². The lowest BCUT2D eigenvalue weighted by molar-refractivity contribution is 0.284. The lowest BCUT2D eigenvalue weighted by Crippen LogP contribution is -2.10. The van der Waals surface area contributed by atoms with Gasteiger partial charge in [-0.25, -0.2) is 9.97 Å². The summed E-state index contributed by atoms with van der Waals surface area (Å²) >= 11 is 0. The number of aromatic nitrogens is 2. The Morgan fingerprint density at radius 3 is 2.76 bits per heavy atom. The Morgan fingerprint density at radius 1 is 1.41 bits per heavy atom. The van der Waals surface area contributed by atoms with Crippen molar-refractivity contribution in [3.05, 3.63) is 11.9 Å². The highest BCUT2D eigenvalue weighted by Crippen LogP contribution is 2.33. The third kappa shape index (κ3) is 3.08. The fourth-order valence-electron chi connectivity index (χ4n) is 1.80. The summed E-state index contributed by atoms with van der Waals surface area (Å²) in [4.78, 5) is 8.56. The number of hydrogen-bond acceptors (Lipinski definition) is 4. The van der Waals surface area contributed by atoms with Crippen molar-refractivity contribution in [2.75, 3.05) is 18.5 Å². The van der Waals surface area contributed by atoms with E-state index in [0.717, 1.165) is 36.3 Å². The van der Waals surface area contributed by atoms with Gasteiger partial charge in [-0.2, -0.15) is 0 Å². The van der Waals surface area contributed by atoms with Crippen LogP contribution in [0, 0.1) is 5.92 Å². The zero-order chi connectivity index (χ0) is 12.3. The SMILES string of the molecule is CCNc1ncnc(OCC2CC2)c1C(C)C. The molecule has 1 aromatic rings. The Balaban J connectivity index is 2.18. The first-order chi connectivity index (χ1) is 8.22. The molecule has 0 radical (unpaired) electrons. The predicted octanol–water partition coefficient (Wildman–Crippen LogP) is 2.82. The van der Waals surface area contributed by atoms with Gasteiger partial charge < -0.3 is 10.1 Å². The van der Waals surface area contributed by atoms with E-state index >= 15 is 0 Å². The molecule has 0 aliphatic heterocycles. The maximum atomic E-state index is 5.82. The van der Waals surface area contributed by atoms with Crippen LogP contribution in [0.4, 0.5) is 5.82 Å². The molecule has 0 atom stereocenters. The summed E-state index contributed by atoms with van der Waals surface area (Å²) in [6.45, 7) is 8.01. The minimum atomic E-state index is 0.361. The van der Waals surface area contributed by atoms with Crippen molar-refractivity contribution >= 4 is 5.82 Å². The average Bonchev–Trinajstić information content (AvgIpc) is 3.10. The topological polar surface area (TPSA) is 47.0 Å². The van der Waals surface area contributed by atoms with Crippen LogP contribution in [0.15, 0.2) is 6.33 Å². The van der Waals surface area contributed by atoms with Crippen molar-refractivity contribution in [2.45, 2.75) is 39.5 Å². The molecule has 2 rings (SSSR count). The highest BCUT2D eigenvalue weighted by molar-refractivity contribution is 5.50. The molecule has 0 unspecified atom stereocenters. The van der Waals surface area contributed by atoms with Gasteiger partial charge in [-0.3, -0.25) is 0 Å². The Kier molecular flexibility index (Phi) is 3.82. The molecular weight excluding hydrogens is 214 g/mol. The maximum Gasteiger partial charge on any atom is 0.222 e. The van der Waals surface area contributed by atoms with Crippen molar-refractivity contribution in [1.29, 1.82) is 0 Å². The van der Waals surface area contributed by atoms with Gasteiger partial charge >= 0.3 is 0 Å². The minimum absolute atomic E-state index is 0.361. The summed E-state index contributed by atoms with van der Waals surface area (Å²) in [6.07, 6.45) is 4.16. The number of anilines is 1. The number of nitrogens with one attached hydrogen (secondary N) is 1. The van der Waals surface area contributed by atoms with E-state index in [4.69, 9.17) is 4.74 Å². The van der Waals surface area contributed by atoms with Crippen LogP contribution in [-0.4, -0.2) is 23.1 Å². The van der Waals surface area contributed by atoms with Gasteiger partial charge in [0, 0.05) is 6.54 Å². The molecule has 1 aromatic heterocycles. The van der Waals surface area contributed by atoms with Gasteiger partial charge in [0.2, 0.25) is 5.88 Å². The highest BCUT2D eigenvalue weighted by atomic mass is 16.5. The van der Waals surface area contributed by atoms with E-state index in [2.05, 4.69) is 36.1 Å². The molecule has 0 amide bonds. The molecule has 17 heavy (non-hydrogen) atoms. The minimum Gasteiger partial charge on any atom is -0.477 e. The van der Waals surface area contributed by atoms with Gasteiger partial charge in [-0.1, -0.05) is 13.8 Å². The summed E-state index contributed by atoms with van der Waals surface area (Å²) < 4.78 is 5.82. The average molecular weight is 235 g/mol. The van der Waals surface area contributed by atoms with Crippen molar-refractivity contribution in [1.82, 2.24) is 9.97 Å². The van der Waals surface area contributed by atoms with Crippen LogP contribution in [0.3, 0.4) is 0 Å². The monoisotopic (exact) mass is 235 g/mol. The second kappa shape index (κ2) is 5.34. The van der Waals surface area contributed by atoms with Crippen molar-refractivity contribution < 1.29 is 4.74 Å². The van der Waals surface area contributed by atoms with Crippen LogP contribution in [-0.2, 0) is 0 Å². The Labute approximate surface area is 103 Å². The lowest BCUT2D eigenvalue weighted by Gasteiger charge is -2.16. The van der Waals surface area contributed by atoms with E-state index in [0.29, 0.717) is 5.92 Å². The third-order valence-corrected chi connectivity index (χ3v) is 2.92. The fourth-order valence-corrected chi connectivity index (χ4v) is 1.80. The van der Waals surface area contributed by atoms with Crippen molar-refractivity contribution in [2.24, 2.45) is 5.92 Å². The van der Waals surface area contributed by atoms with Crippen LogP contribution >= 0.6 is 0 Å². The zero-order valence-electron chi connectivity index (χ0n) is 10.9. The van der Waals surface area contributed by atoms with Crippen molar-refractivity contribution in [3.63, 3.8) is 0 Å². The van der Waals surface area contributed by atoms with Gasteiger partial charge in [0.1, 0.15) is 12.1 Å². The molecule has 1 heterocycles. The second-order valence-corrected chi connectivity index (χ2v) is 4.88. The van der Waals surface area contributed by atoms with E-state index in [1.54, 1.807) is 6.33 Å². The summed E-state index contributed by atoms with van der Waals surface area (Å²) in [5, 5.41) is 3.27. The Bertz CT molecular complexity index is 375. The van der Waals surface area contributed by atoms with Gasteiger partial charge in [-0.15, -0.1) is 0 Å². The number of nitrogens with zero attached hydrogens (tertiary/aromatic N) is 2. The van der Waals surface area contributed by atoms with Crippen molar-refractivity contribution in [3.8, 4) is 5.88 Å². The largest absolute Gasteiger partial charge is 0.477 e. The molecular formula is C13H21N3O. The molecule has 4 nitrogen and oxygen atoms in total. The van der Waals surface area contributed by atoms with Crippen LogP contribution < -0.4 is 10.1 Å². The Morgan fingerprint density at radius 2 is 2.18 bits per heavy atom. The van der Waals surface area contributed by atoms with E-state index in [1.807, 2.05) is 0 Å². The number of hydrogen-bond donors (Lipinski definition) is 1. The van der Waals surface area contributed by atoms with E-state index in [1.165, 1.54) is 12.8 Å². The van der Waals surface area contributed by atoms with Crippen LogP contribution in [0.25, 0.3) is 0 Å². The molecule has 1 fully saturated rings. The van der Waals surface area contributed by atoms with E-state index in [-0.39, 0.29) is 0 Å². The summed E-state index contributed by atoms with van der Waals surface area (Å²) in [7, 11) is 0. The predicted molar refractivity (Wildman–Crippen MR) is 68.5 cm³/mol. The highest BCUT2D eigenvalue weighted by Gasteiger charge is 2.23. The quantitative estimate of drug-likeness (QED) is 0.823. The maximum absolute atomic E-state index is 5.82. The van der Waals surface area contributed by atoms with E-state index in [9.17, 15) is 0 Å². The smallest absolute Gasteiger partial charge is 0.222 e. The molecule has 4 heteroatoms. The van der Waals surface area contributed by atoms with Gasteiger partial charge in [0.15, 0.2) is 0 Å². The molecule has 1 aliphatic carbocycles. The normalized spacial score (nSPS) is 15.1. The molecule has 1 aliphatic rings. The van der Waals surface area contributed by atoms with Gasteiger partial charge in [0.25, 0.3) is 0 Å². The zero-order valence-corrected chi connectivity index (χ0v) is 10.9. The van der Waals surface area contributed by atoms with Gasteiger partial charge in [0.05, 0.1) is 12.2 Å². The summed E-state index contributed by atoms with van der Waals surface area (Å²) in [5.74, 6) is 2.76. The van der Waals surface area contributed by atoms with Gasteiger partial charge in [-0.05, 0) is 31.6 Å². The summed E-state index contributed by atoms with van der Waals surface area (Å²) in [5.41, 5.74) is 1.09. The van der Waals surface area contributed by atoms with E-state index < -0.39 is 0 Å². The molecule has 0 saturated heterocycles. The first-order valence-corrected chi connectivity index (χ1v) is 6.44. The molecule has 1 saturated carbocycles. The molecule has 1 N–H and O–H groups in total. The number of rotatable bonds is 6. The number of ether oxygens (including phenoxy) is 1. The first kappa shape index (κ1) is 12.1. The van der Waals surface area contributed by atoms with Crippen LogP contribution in [0.2, 0.25) is 0 Å². The summed E-state index contributed by atoms with van der Waals surface area (Å²) in [6, 6.07) is 0. The second-order valence-electron chi connectivity index (χ2n) is 4.88. The molecule has 0 bridgehead atoms.